The highest BCUT2D eigenvalue weighted by molar-refractivity contribution is 6.72. The number of hydrogen-bond donors (Lipinski definition) is 1. The maximum atomic E-state index is 10.0. The molecule has 0 atom stereocenters. The van der Waals surface area contributed by atoms with E-state index in [1.807, 2.05) is 34.9 Å². The molecule has 0 fully saturated rings. The fourth-order valence-corrected chi connectivity index (χ4v) is 12.3. The first-order valence-corrected chi connectivity index (χ1v) is 24.6. The van der Waals surface area contributed by atoms with Crippen molar-refractivity contribution in [2.45, 2.75) is 5.41 Å². The summed E-state index contributed by atoms with van der Waals surface area (Å²) in [6.45, 7) is 0. The van der Waals surface area contributed by atoms with E-state index in [-0.39, 0.29) is 138 Å². The molecule has 0 saturated carbocycles. The molecule has 0 unspecified atom stereocenters. The number of aromatic nitrogens is 1. The van der Waals surface area contributed by atoms with Gasteiger partial charge in [-0.2, -0.15) is 4.99 Å². The number of amidine groups is 1. The number of benzene rings is 9. The second-order valence-electron chi connectivity index (χ2n) is 19.8. The molecule has 13 rings (SSSR count). The van der Waals surface area contributed by atoms with Crippen molar-refractivity contribution in [3.05, 3.63) is 143 Å². The number of nitrogens with one attached hydrogen (secondary N) is 1. The summed E-state index contributed by atoms with van der Waals surface area (Å²) in [5.74, 6) is -0.606. The van der Waals surface area contributed by atoms with Crippen LogP contribution in [0.5, 0.6) is 0 Å². The van der Waals surface area contributed by atoms with Gasteiger partial charge in [0, 0.05) is 38.9 Å². The Hall–Kier alpha value is -7.37. The molecule has 0 bridgehead atoms. The highest BCUT2D eigenvalue weighted by Gasteiger charge is 2.52. The van der Waals surface area contributed by atoms with E-state index in [1.54, 1.807) is 0 Å². The standard InChI is InChI=1S/C58H20B16N4O/c59-37-25(32(38(60)46(68)45(37)67)33-39(61)47(69)50(72)48(70)40(33)62)19-76-57(77-56(75)36-43(65)41(63)34-35-42(64)49(71)51(73)52(74)55(35)79-54(34)44(36)66)78-30-16-8-4-11-22(30)23-17-18-29-31(53(23)78)24-12-3-7-15-28(24)58(29)26-13-5-1-9-20(26)21-10-2-6-14-27(21)58/h1-19,75H/b75-56?,76-19+,77-57?. The van der Waals surface area contributed by atoms with Crippen molar-refractivity contribution in [3.63, 3.8) is 0 Å². The van der Waals surface area contributed by atoms with Gasteiger partial charge in [0.05, 0.1) is 16.4 Å². The second-order valence-corrected chi connectivity index (χ2v) is 19.8. The molecule has 1 spiro atoms. The van der Waals surface area contributed by atoms with E-state index in [1.165, 1.54) is 6.21 Å². The third kappa shape index (κ3) is 6.71. The van der Waals surface area contributed by atoms with Crippen molar-refractivity contribution in [2.24, 2.45) is 9.98 Å². The van der Waals surface area contributed by atoms with E-state index in [9.17, 15) is 5.41 Å². The van der Waals surface area contributed by atoms with Crippen LogP contribution in [-0.2, 0) is 5.41 Å². The number of aliphatic imine (C=N–C) groups is 2. The second kappa shape index (κ2) is 18.1. The van der Waals surface area contributed by atoms with E-state index in [0.29, 0.717) is 11.0 Å². The molecule has 21 heteroatoms. The lowest BCUT2D eigenvalue weighted by Gasteiger charge is -2.30. The monoisotopic (exact) mass is 964 g/mol. The summed E-state index contributed by atoms with van der Waals surface area (Å²) < 4.78 is 8.18. The summed E-state index contributed by atoms with van der Waals surface area (Å²) in [4.78, 5) is 10.3. The zero-order chi connectivity index (χ0) is 55.6. The summed E-state index contributed by atoms with van der Waals surface area (Å²) in [6.07, 6.45) is 1.37. The quantitative estimate of drug-likeness (QED) is 0.108. The summed E-state index contributed by atoms with van der Waals surface area (Å²) in [7, 11) is 106. The van der Waals surface area contributed by atoms with Crippen molar-refractivity contribution < 1.29 is 4.42 Å². The number of furan rings is 1. The van der Waals surface area contributed by atoms with Crippen LogP contribution in [0.15, 0.2) is 124 Å². The normalized spacial score (nSPS) is 13.3. The lowest BCUT2D eigenvalue weighted by atomic mass is 9.56. The fraction of sp³-hybridized carbons (Fsp3) is 0.0172. The Kier molecular flexibility index (Phi) is 11.7. The third-order valence-electron chi connectivity index (χ3n) is 16.0. The van der Waals surface area contributed by atoms with E-state index in [4.69, 9.17) is 140 Å². The Morgan fingerprint density at radius 3 is 1.51 bits per heavy atom. The molecule has 2 heterocycles. The average molecular weight is 962 g/mol. The minimum Gasteiger partial charge on any atom is -0.457 e. The van der Waals surface area contributed by atoms with Crippen LogP contribution in [0.2, 0.25) is 0 Å². The van der Waals surface area contributed by atoms with Gasteiger partial charge in [0.2, 0.25) is 5.96 Å². The van der Waals surface area contributed by atoms with Gasteiger partial charge in [-0.25, -0.2) is 4.99 Å². The van der Waals surface area contributed by atoms with Crippen molar-refractivity contribution in [3.8, 4) is 33.4 Å². The molecule has 0 aliphatic heterocycles. The Bertz CT molecular complexity index is 4660. The van der Waals surface area contributed by atoms with Crippen LogP contribution in [0.3, 0.4) is 0 Å². The van der Waals surface area contributed by atoms with E-state index < -0.39 is 11.3 Å². The molecular formula is C58H20B16N4O. The maximum Gasteiger partial charge on any atom is 0.236 e. The predicted molar refractivity (Wildman–Crippen MR) is 345 cm³/mol. The first-order chi connectivity index (χ1) is 37.8. The molecule has 5 nitrogen and oxygen atoms in total. The fourth-order valence-electron chi connectivity index (χ4n) is 12.3. The van der Waals surface area contributed by atoms with E-state index in [0.717, 1.165) is 55.3 Å². The molecule has 0 saturated heterocycles. The van der Waals surface area contributed by atoms with Gasteiger partial charge in [-0.1, -0.05) is 147 Å². The van der Waals surface area contributed by atoms with Crippen molar-refractivity contribution >= 4 is 275 Å². The summed E-state index contributed by atoms with van der Waals surface area (Å²) in [5, 5.41) is 12.2. The number of rotatable bonds is 3. The molecule has 2 aromatic heterocycles. The molecule has 32 radical (unpaired) electrons. The van der Waals surface area contributed by atoms with Crippen LogP contribution < -0.4 is 87.4 Å². The number of fused-ring (bicyclic) bond motifs is 17. The van der Waals surface area contributed by atoms with Gasteiger partial charge in [-0.15, -0.1) is 38.2 Å². The number of hydrogen-bond acceptors (Lipinski definition) is 2. The molecule has 2 aliphatic rings. The smallest absolute Gasteiger partial charge is 0.236 e. The summed E-state index contributed by atoms with van der Waals surface area (Å²) >= 11 is 0. The minimum absolute atomic E-state index is 0.00118. The average Bonchev–Trinajstić information content (AvgIpc) is 4.39. The third-order valence-corrected chi connectivity index (χ3v) is 16.0. The highest BCUT2D eigenvalue weighted by Crippen LogP contribution is 2.64. The molecule has 1 N–H and O–H groups in total. The van der Waals surface area contributed by atoms with Crippen LogP contribution in [-0.4, -0.2) is 148 Å². The van der Waals surface area contributed by atoms with Crippen LogP contribution >= 0.6 is 0 Å². The van der Waals surface area contributed by atoms with Crippen molar-refractivity contribution in [1.29, 1.82) is 5.41 Å². The molecule has 0 amide bonds. The van der Waals surface area contributed by atoms with Gasteiger partial charge >= 0.3 is 0 Å². The Labute approximate surface area is 477 Å². The van der Waals surface area contributed by atoms with Gasteiger partial charge in [0.1, 0.15) is 137 Å². The SMILES string of the molecule is [B]c1c([B])c([B])c(-c2c([B])c([B])c([B])c([B])c2/C=N/C(=NC(=N)c2c([B])c([B])c3c(oc4c([B])c([B])c([B])c([B])c43)c2[B])n2c3ccccc3c3ccc4c(c32)-c2ccccc2C42c3ccccc3-c3ccccc32)c([B])c1[B]. The van der Waals surface area contributed by atoms with Gasteiger partial charge in [0.15, 0.2) is 5.84 Å². The van der Waals surface area contributed by atoms with Crippen LogP contribution in [0.4, 0.5) is 0 Å². The molecular weight excluding hydrogens is 942 g/mol. The molecule has 11 aromatic rings. The zero-order valence-corrected chi connectivity index (χ0v) is 42.0. The lowest BCUT2D eigenvalue weighted by molar-refractivity contribution is 0.674. The van der Waals surface area contributed by atoms with Crippen LogP contribution in [0.25, 0.3) is 77.1 Å². The zero-order valence-electron chi connectivity index (χ0n) is 42.0. The van der Waals surface area contributed by atoms with Crippen LogP contribution in [0.1, 0.15) is 33.4 Å². The van der Waals surface area contributed by atoms with Gasteiger partial charge in [-0.05, 0) is 67.2 Å². The largest absolute Gasteiger partial charge is 0.457 e. The van der Waals surface area contributed by atoms with Crippen LogP contribution in [0, 0.1) is 5.41 Å². The Balaban J connectivity index is 1.15. The predicted octanol–water partition coefficient (Wildman–Crippen LogP) is -5.25. The van der Waals surface area contributed by atoms with Crippen molar-refractivity contribution in [1.82, 2.24) is 4.57 Å². The molecule has 79 heavy (non-hydrogen) atoms. The van der Waals surface area contributed by atoms with Gasteiger partial charge < -0.3 is 4.42 Å². The summed E-state index contributed by atoms with van der Waals surface area (Å²) in [5.41, 5.74) is 8.39. The summed E-state index contributed by atoms with van der Waals surface area (Å²) in [6, 6.07) is 37.4. The maximum absolute atomic E-state index is 10.0. The number of para-hydroxylation sites is 1. The number of nitrogens with zero attached hydrogens (tertiary/aromatic N) is 3. The van der Waals surface area contributed by atoms with Crippen molar-refractivity contribution in [2.75, 3.05) is 0 Å². The molecule has 2 aliphatic carbocycles. The lowest BCUT2D eigenvalue weighted by Crippen LogP contribution is -2.57. The Morgan fingerprint density at radius 1 is 0.418 bits per heavy atom. The highest BCUT2D eigenvalue weighted by atomic mass is 16.3. The van der Waals surface area contributed by atoms with E-state index >= 15 is 0 Å². The molecule has 9 aromatic carbocycles. The molecule has 326 valence electrons. The first kappa shape index (κ1) is 51.1. The Morgan fingerprint density at radius 2 is 0.886 bits per heavy atom. The minimum atomic E-state index is -0.753. The topological polar surface area (TPSA) is 66.6 Å². The van der Waals surface area contributed by atoms with E-state index in [2.05, 4.69) is 78.9 Å². The first-order valence-electron chi connectivity index (χ1n) is 24.6. The van der Waals surface area contributed by atoms with Gasteiger partial charge in [-0.3, -0.25) is 9.98 Å². The van der Waals surface area contributed by atoms with Gasteiger partial charge in [0.25, 0.3) is 0 Å².